The Morgan fingerprint density at radius 1 is 0.547 bits per heavy atom. The van der Waals surface area contributed by atoms with Crippen molar-refractivity contribution in [3.05, 3.63) is 192 Å². The molecule has 0 fully saturated rings. The Bertz CT molecular complexity index is 2550. The Hall–Kier alpha value is -6.26. The van der Waals surface area contributed by atoms with Gasteiger partial charge in [0.1, 0.15) is 11.9 Å². The summed E-state index contributed by atoms with van der Waals surface area (Å²) in [5.41, 5.74) is 12.3. The van der Waals surface area contributed by atoms with E-state index in [1.54, 1.807) is 0 Å². The number of anilines is 2. The van der Waals surface area contributed by atoms with E-state index in [0.29, 0.717) is 0 Å². The summed E-state index contributed by atoms with van der Waals surface area (Å²) in [7, 11) is 0. The highest BCUT2D eigenvalue weighted by atomic mass is 16.6. The lowest BCUT2D eigenvalue weighted by Crippen LogP contribution is -2.44. The molecule has 4 atom stereocenters. The lowest BCUT2D eigenvalue weighted by molar-refractivity contribution is 0.230. The summed E-state index contributed by atoms with van der Waals surface area (Å²) < 4.78 is 20.4. The third-order valence-corrected chi connectivity index (χ3v) is 12.5. The number of allylic oxidation sites excluding steroid dienone is 5. The van der Waals surface area contributed by atoms with E-state index >= 15 is 0 Å². The normalized spacial score (nSPS) is 22.4. The fourth-order valence-electron chi connectivity index (χ4n) is 10.4. The Morgan fingerprint density at radius 3 is 2.06 bits per heavy atom. The second-order valence-corrected chi connectivity index (χ2v) is 15.0. The van der Waals surface area contributed by atoms with Gasteiger partial charge in [-0.3, -0.25) is 0 Å². The first-order valence-electron chi connectivity index (χ1n) is 18.8. The number of hydrogen-bond acceptors (Lipinski definition) is 4. The molecule has 4 nitrogen and oxygen atoms in total. The quantitative estimate of drug-likeness (QED) is 0.185. The number of ether oxygens (including phenoxy) is 3. The van der Waals surface area contributed by atoms with E-state index in [2.05, 4.69) is 169 Å². The molecule has 0 bridgehead atoms. The Kier molecular flexibility index (Phi) is 6.02. The predicted octanol–water partition coefficient (Wildman–Crippen LogP) is 11.9. The summed E-state index contributed by atoms with van der Waals surface area (Å²) >= 11 is 0. The molecule has 0 saturated carbocycles. The number of nitrogens with zero attached hydrogens (tertiary/aromatic N) is 1. The van der Waals surface area contributed by atoms with Gasteiger partial charge in [-0.15, -0.1) is 0 Å². The van der Waals surface area contributed by atoms with Crippen LogP contribution in [0.2, 0.25) is 0 Å². The summed E-state index contributed by atoms with van der Waals surface area (Å²) in [5.74, 6) is 4.38. The van der Waals surface area contributed by atoms with Crippen LogP contribution in [-0.2, 0) is 5.41 Å². The first kappa shape index (κ1) is 29.3. The zero-order valence-electron chi connectivity index (χ0n) is 29.0. The van der Waals surface area contributed by atoms with E-state index in [9.17, 15) is 0 Å². The van der Waals surface area contributed by atoms with E-state index in [1.165, 1.54) is 44.5 Å². The molecule has 0 saturated heterocycles. The fraction of sp³-hybridized carbons (Fsp3) is 0.143. The van der Waals surface area contributed by atoms with E-state index in [1.807, 2.05) is 0 Å². The third-order valence-electron chi connectivity index (χ3n) is 12.5. The smallest absolute Gasteiger partial charge is 0.172 e. The van der Waals surface area contributed by atoms with Gasteiger partial charge in [0.15, 0.2) is 23.0 Å². The highest BCUT2D eigenvalue weighted by Crippen LogP contribution is 2.67. The van der Waals surface area contributed by atoms with Gasteiger partial charge < -0.3 is 19.1 Å². The molecule has 6 aliphatic rings. The molecule has 0 aromatic heterocycles. The second-order valence-electron chi connectivity index (χ2n) is 15.0. The molecule has 12 rings (SSSR count). The SMILES string of the molecule is C1=CC2c3cc4c(cc3C3(c5ccccc5-c5ccccc53)C2C=C1)Oc1ccc(N(c2ccccc2)C2CCC=C3c5ccccc5OC32)cc1O4. The van der Waals surface area contributed by atoms with Crippen molar-refractivity contribution >= 4 is 16.9 Å². The molecule has 4 heteroatoms. The molecule has 53 heavy (non-hydrogen) atoms. The summed E-state index contributed by atoms with van der Waals surface area (Å²) in [4.78, 5) is 2.44. The number of benzene rings is 6. The highest BCUT2D eigenvalue weighted by molar-refractivity contribution is 5.87. The molecular formula is C49H35NO3. The van der Waals surface area contributed by atoms with Crippen molar-refractivity contribution in [2.45, 2.75) is 36.3 Å². The zero-order valence-corrected chi connectivity index (χ0v) is 29.0. The van der Waals surface area contributed by atoms with Crippen molar-refractivity contribution in [2.75, 3.05) is 4.90 Å². The van der Waals surface area contributed by atoms with E-state index in [-0.39, 0.29) is 29.4 Å². The van der Waals surface area contributed by atoms with E-state index in [0.717, 1.165) is 53.0 Å². The van der Waals surface area contributed by atoms with Crippen LogP contribution in [-0.4, -0.2) is 12.1 Å². The van der Waals surface area contributed by atoms with Crippen LogP contribution in [0.1, 0.15) is 46.6 Å². The summed E-state index contributed by atoms with van der Waals surface area (Å²) in [5, 5.41) is 0. The van der Waals surface area contributed by atoms with Crippen LogP contribution in [0, 0.1) is 5.92 Å². The number of fused-ring (bicyclic) bond motifs is 15. The Morgan fingerprint density at radius 2 is 1.23 bits per heavy atom. The lowest BCUT2D eigenvalue weighted by Gasteiger charge is -2.39. The average Bonchev–Trinajstić information content (AvgIpc) is 3.84. The molecule has 2 heterocycles. The van der Waals surface area contributed by atoms with E-state index in [4.69, 9.17) is 14.2 Å². The number of rotatable bonds is 3. The second kappa shape index (κ2) is 10.9. The fourth-order valence-corrected chi connectivity index (χ4v) is 10.4. The molecule has 1 spiro atoms. The average molecular weight is 686 g/mol. The maximum Gasteiger partial charge on any atom is 0.172 e. The molecule has 254 valence electrons. The van der Waals surface area contributed by atoms with Crippen LogP contribution < -0.4 is 19.1 Å². The lowest BCUT2D eigenvalue weighted by atomic mass is 9.65. The molecule has 0 radical (unpaired) electrons. The minimum absolute atomic E-state index is 0.0680. The monoisotopic (exact) mass is 685 g/mol. The van der Waals surface area contributed by atoms with Crippen LogP contribution in [0.15, 0.2) is 164 Å². The largest absolute Gasteiger partial charge is 0.483 e. The third kappa shape index (κ3) is 3.96. The zero-order chi connectivity index (χ0) is 34.7. The van der Waals surface area contributed by atoms with Crippen molar-refractivity contribution in [1.82, 2.24) is 0 Å². The molecule has 6 aromatic rings. The van der Waals surface area contributed by atoms with Gasteiger partial charge in [0.2, 0.25) is 0 Å². The first-order valence-corrected chi connectivity index (χ1v) is 18.8. The van der Waals surface area contributed by atoms with Gasteiger partial charge >= 0.3 is 0 Å². The van der Waals surface area contributed by atoms with Crippen LogP contribution in [0.25, 0.3) is 16.7 Å². The highest BCUT2D eigenvalue weighted by Gasteiger charge is 2.57. The van der Waals surface area contributed by atoms with Crippen molar-refractivity contribution in [1.29, 1.82) is 0 Å². The molecule has 0 amide bonds. The molecule has 2 aliphatic heterocycles. The molecular weight excluding hydrogens is 651 g/mol. The van der Waals surface area contributed by atoms with Gasteiger partial charge in [0.05, 0.1) is 11.5 Å². The van der Waals surface area contributed by atoms with Crippen molar-refractivity contribution in [3.8, 4) is 39.9 Å². The maximum atomic E-state index is 6.89. The van der Waals surface area contributed by atoms with Crippen molar-refractivity contribution in [3.63, 3.8) is 0 Å². The first-order chi connectivity index (χ1) is 26.3. The Labute approximate surface area is 308 Å². The minimum atomic E-state index is -0.317. The van der Waals surface area contributed by atoms with E-state index < -0.39 is 0 Å². The van der Waals surface area contributed by atoms with Gasteiger partial charge in [-0.25, -0.2) is 0 Å². The maximum absolute atomic E-state index is 6.89. The standard InChI is InChI=1S/C49H35NO3/c1-2-13-30(14-3-1)50(42-23-12-19-36-35-18-7-11-24-43(35)53-48(36)42)31-25-26-44-45(27-31)52-46-28-37-34-17-6-10-22-40(34)49(41(37)29-47(46)51-44)38-20-8-4-15-32(38)33-16-5-9-21-39(33)49/h1-11,13-22,24-29,34,40,42,48H,12,23H2. The van der Waals surface area contributed by atoms with Gasteiger partial charge in [0, 0.05) is 40.4 Å². The number of hydrogen-bond donors (Lipinski definition) is 0. The van der Waals surface area contributed by atoms with Gasteiger partial charge in [0.25, 0.3) is 0 Å². The van der Waals surface area contributed by atoms with Crippen molar-refractivity contribution < 1.29 is 14.2 Å². The molecule has 4 aliphatic carbocycles. The topological polar surface area (TPSA) is 30.9 Å². The van der Waals surface area contributed by atoms with Crippen molar-refractivity contribution in [2.24, 2.45) is 5.92 Å². The van der Waals surface area contributed by atoms with Crippen LogP contribution >= 0.6 is 0 Å². The van der Waals surface area contributed by atoms with Gasteiger partial charge in [-0.05, 0) is 88.7 Å². The van der Waals surface area contributed by atoms with Gasteiger partial charge in [-0.1, -0.05) is 115 Å². The summed E-state index contributed by atoms with van der Waals surface area (Å²) in [6.45, 7) is 0. The molecule has 0 N–H and O–H groups in total. The van der Waals surface area contributed by atoms with Crippen LogP contribution in [0.3, 0.4) is 0 Å². The summed E-state index contributed by atoms with van der Waals surface area (Å²) in [6.07, 6.45) is 13.5. The van der Waals surface area contributed by atoms with Gasteiger partial charge in [-0.2, -0.15) is 0 Å². The summed E-state index contributed by atoms with van der Waals surface area (Å²) in [6, 6.07) is 48.1. The molecule has 4 unspecified atom stereocenters. The minimum Gasteiger partial charge on any atom is -0.483 e. The van der Waals surface area contributed by atoms with Crippen LogP contribution in [0.4, 0.5) is 11.4 Å². The van der Waals surface area contributed by atoms with Crippen LogP contribution in [0.5, 0.6) is 28.7 Å². The predicted molar refractivity (Wildman–Crippen MR) is 210 cm³/mol. The number of para-hydroxylation sites is 2. The molecule has 6 aromatic carbocycles. The Balaban J connectivity index is 0.963.